The molecule has 0 amide bonds. The molecule has 1 aliphatic heterocycles. The van der Waals surface area contributed by atoms with Crippen LogP contribution in [0.1, 0.15) is 27.7 Å². The summed E-state index contributed by atoms with van der Waals surface area (Å²) in [6.07, 6.45) is 0. The smallest absolute Gasteiger partial charge is 0.146 e. The lowest BCUT2D eigenvalue weighted by molar-refractivity contribution is 0.269. The van der Waals surface area contributed by atoms with Crippen LogP contribution < -0.4 is 14.4 Å². The van der Waals surface area contributed by atoms with Crippen LogP contribution in [0.2, 0.25) is 0 Å². The Labute approximate surface area is 104 Å². The predicted octanol–water partition coefficient (Wildman–Crippen LogP) is 3.33. The van der Waals surface area contributed by atoms with Gasteiger partial charge in [0, 0.05) is 12.6 Å². The van der Waals surface area contributed by atoms with E-state index in [-0.39, 0.29) is 0 Å². The molecule has 0 bridgehead atoms. The third-order valence-corrected chi connectivity index (χ3v) is 2.83. The van der Waals surface area contributed by atoms with Gasteiger partial charge in [0.05, 0.1) is 18.8 Å². The van der Waals surface area contributed by atoms with Crippen LogP contribution in [0.15, 0.2) is 18.2 Å². The van der Waals surface area contributed by atoms with Crippen molar-refractivity contribution in [2.24, 2.45) is 0 Å². The van der Waals surface area contributed by atoms with E-state index in [1.54, 1.807) is 7.11 Å². The van der Waals surface area contributed by atoms with Crippen LogP contribution in [0.4, 0.5) is 5.69 Å². The van der Waals surface area contributed by atoms with Gasteiger partial charge in [0.15, 0.2) is 0 Å². The van der Waals surface area contributed by atoms with Crippen LogP contribution in [0, 0.1) is 0 Å². The molecule has 0 N–H and O–H groups in total. The lowest BCUT2D eigenvalue weighted by Crippen LogP contribution is -2.40. The first-order chi connectivity index (χ1) is 8.26. The molecule has 0 fully saturated rings. The van der Waals surface area contributed by atoms with Gasteiger partial charge < -0.3 is 14.4 Å². The Balaban J connectivity index is 0.000000686. The Kier molecular flexibility index (Phi) is 5.13. The zero-order chi connectivity index (χ0) is 12.8. The van der Waals surface area contributed by atoms with E-state index in [4.69, 9.17) is 9.47 Å². The minimum Gasteiger partial charge on any atom is -0.497 e. The number of anilines is 1. The fourth-order valence-corrected chi connectivity index (χ4v) is 1.99. The second kappa shape index (κ2) is 6.38. The molecule has 0 saturated heterocycles. The Morgan fingerprint density at radius 1 is 1.41 bits per heavy atom. The molecule has 0 radical (unpaired) electrons. The van der Waals surface area contributed by atoms with Crippen LogP contribution in [0.5, 0.6) is 11.5 Å². The van der Waals surface area contributed by atoms with Gasteiger partial charge in [-0.15, -0.1) is 0 Å². The summed E-state index contributed by atoms with van der Waals surface area (Å²) in [5.74, 6) is 1.77. The van der Waals surface area contributed by atoms with Crippen molar-refractivity contribution in [3.8, 4) is 11.5 Å². The number of benzene rings is 1. The first kappa shape index (κ1) is 13.7. The highest BCUT2D eigenvalue weighted by Crippen LogP contribution is 2.36. The molecule has 2 rings (SSSR count). The first-order valence-corrected chi connectivity index (χ1v) is 6.33. The van der Waals surface area contributed by atoms with Gasteiger partial charge in [-0.3, -0.25) is 0 Å². The summed E-state index contributed by atoms with van der Waals surface area (Å²) in [5.41, 5.74) is 1.16. The Morgan fingerprint density at radius 2 is 2.12 bits per heavy atom. The highest BCUT2D eigenvalue weighted by molar-refractivity contribution is 5.62. The predicted molar refractivity (Wildman–Crippen MR) is 72.3 cm³/mol. The van der Waals surface area contributed by atoms with Crippen molar-refractivity contribution in [1.82, 2.24) is 0 Å². The van der Waals surface area contributed by atoms with E-state index in [1.807, 2.05) is 26.0 Å². The maximum Gasteiger partial charge on any atom is 0.146 e. The maximum absolute atomic E-state index is 5.69. The lowest BCUT2D eigenvalue weighted by Gasteiger charge is -2.36. The molecule has 1 atom stereocenters. The molecule has 3 nitrogen and oxygen atoms in total. The number of methoxy groups -OCH3 is 1. The molecule has 17 heavy (non-hydrogen) atoms. The van der Waals surface area contributed by atoms with Gasteiger partial charge in [-0.1, -0.05) is 13.8 Å². The van der Waals surface area contributed by atoms with E-state index >= 15 is 0 Å². The van der Waals surface area contributed by atoms with Crippen molar-refractivity contribution < 1.29 is 9.47 Å². The van der Waals surface area contributed by atoms with Crippen molar-refractivity contribution in [1.29, 1.82) is 0 Å². The standard InChI is InChI=1S/C12H17NO2.C2H6/c1-4-13-9(2)8-15-12-7-10(14-3)5-6-11(12)13;1-2/h5-7,9H,4,8H2,1-3H3;1-2H3. The summed E-state index contributed by atoms with van der Waals surface area (Å²) in [6, 6.07) is 6.43. The van der Waals surface area contributed by atoms with E-state index in [2.05, 4.69) is 24.8 Å². The monoisotopic (exact) mass is 237 g/mol. The number of nitrogens with zero attached hydrogens (tertiary/aromatic N) is 1. The van der Waals surface area contributed by atoms with Crippen molar-refractivity contribution in [3.63, 3.8) is 0 Å². The highest BCUT2D eigenvalue weighted by Gasteiger charge is 2.23. The molecule has 0 saturated carbocycles. The van der Waals surface area contributed by atoms with Crippen LogP contribution in [-0.4, -0.2) is 26.3 Å². The fraction of sp³-hybridized carbons (Fsp3) is 0.571. The molecule has 0 aliphatic carbocycles. The molecule has 0 spiro atoms. The summed E-state index contributed by atoms with van der Waals surface area (Å²) in [4.78, 5) is 2.35. The molecule has 1 heterocycles. The molecule has 1 aliphatic rings. The number of likely N-dealkylation sites (N-methyl/N-ethyl adjacent to an activating group) is 1. The zero-order valence-corrected chi connectivity index (χ0v) is 11.5. The van der Waals surface area contributed by atoms with Crippen LogP contribution in [-0.2, 0) is 0 Å². The molecule has 96 valence electrons. The summed E-state index contributed by atoms with van der Waals surface area (Å²) >= 11 is 0. The number of hydrogen-bond donors (Lipinski definition) is 0. The first-order valence-electron chi connectivity index (χ1n) is 6.33. The van der Waals surface area contributed by atoms with Gasteiger partial charge in [0.2, 0.25) is 0 Å². The Morgan fingerprint density at radius 3 is 2.71 bits per heavy atom. The second-order valence-corrected chi connectivity index (χ2v) is 3.78. The van der Waals surface area contributed by atoms with Gasteiger partial charge in [0.25, 0.3) is 0 Å². The molecule has 3 heteroatoms. The number of fused-ring (bicyclic) bond motifs is 1. The van der Waals surface area contributed by atoms with Crippen molar-refractivity contribution in [2.45, 2.75) is 33.7 Å². The number of rotatable bonds is 2. The molecular weight excluding hydrogens is 214 g/mol. The van der Waals surface area contributed by atoms with Crippen LogP contribution in [0.3, 0.4) is 0 Å². The van der Waals surface area contributed by atoms with E-state index in [1.165, 1.54) is 0 Å². The lowest BCUT2D eigenvalue weighted by atomic mass is 10.1. The van der Waals surface area contributed by atoms with Crippen LogP contribution >= 0.6 is 0 Å². The molecule has 1 aromatic rings. The minimum atomic E-state index is 0.441. The minimum absolute atomic E-state index is 0.441. The third kappa shape index (κ3) is 2.84. The van der Waals surface area contributed by atoms with E-state index in [0.717, 1.165) is 30.3 Å². The van der Waals surface area contributed by atoms with E-state index in [0.29, 0.717) is 6.04 Å². The number of ether oxygens (including phenoxy) is 2. The van der Waals surface area contributed by atoms with Crippen molar-refractivity contribution in [3.05, 3.63) is 18.2 Å². The van der Waals surface area contributed by atoms with Gasteiger partial charge in [-0.2, -0.15) is 0 Å². The second-order valence-electron chi connectivity index (χ2n) is 3.78. The Hall–Kier alpha value is -1.38. The van der Waals surface area contributed by atoms with Gasteiger partial charge >= 0.3 is 0 Å². The average Bonchev–Trinajstić information content (AvgIpc) is 2.40. The summed E-state index contributed by atoms with van der Waals surface area (Å²) < 4.78 is 10.9. The largest absolute Gasteiger partial charge is 0.497 e. The molecule has 0 aromatic heterocycles. The van der Waals surface area contributed by atoms with E-state index in [9.17, 15) is 0 Å². The summed E-state index contributed by atoms with van der Waals surface area (Å²) in [7, 11) is 1.67. The van der Waals surface area contributed by atoms with Crippen LogP contribution in [0.25, 0.3) is 0 Å². The average molecular weight is 237 g/mol. The molecule has 1 aromatic carbocycles. The van der Waals surface area contributed by atoms with Gasteiger partial charge in [0.1, 0.15) is 18.1 Å². The molecule has 1 unspecified atom stereocenters. The highest BCUT2D eigenvalue weighted by atomic mass is 16.5. The Bertz CT molecular complexity index is 352. The summed E-state index contributed by atoms with van der Waals surface area (Å²) in [5, 5.41) is 0. The summed E-state index contributed by atoms with van der Waals surface area (Å²) in [6.45, 7) is 10.1. The fourth-order valence-electron chi connectivity index (χ4n) is 1.99. The topological polar surface area (TPSA) is 21.7 Å². The van der Waals surface area contributed by atoms with Crippen molar-refractivity contribution >= 4 is 5.69 Å². The van der Waals surface area contributed by atoms with Gasteiger partial charge in [-0.25, -0.2) is 0 Å². The quantitative estimate of drug-likeness (QED) is 0.787. The van der Waals surface area contributed by atoms with Crippen molar-refractivity contribution in [2.75, 3.05) is 25.2 Å². The molecular formula is C14H23NO2. The normalized spacial score (nSPS) is 17.5. The van der Waals surface area contributed by atoms with Gasteiger partial charge in [-0.05, 0) is 26.0 Å². The van der Waals surface area contributed by atoms with E-state index < -0.39 is 0 Å². The number of hydrogen-bond acceptors (Lipinski definition) is 3. The SMILES string of the molecule is CC.CCN1c2ccc(OC)cc2OCC1C. The zero-order valence-electron chi connectivity index (χ0n) is 11.5. The maximum atomic E-state index is 5.69. The third-order valence-electron chi connectivity index (χ3n) is 2.83.